The van der Waals surface area contributed by atoms with E-state index in [9.17, 15) is 4.79 Å². The van der Waals surface area contributed by atoms with Gasteiger partial charge in [-0.15, -0.1) is 11.3 Å². The fourth-order valence-electron chi connectivity index (χ4n) is 1.98. The lowest BCUT2D eigenvalue weighted by molar-refractivity contribution is 0.103. The number of anilines is 2. The molecule has 0 aliphatic carbocycles. The molecule has 0 aliphatic rings. The minimum absolute atomic E-state index is 0.240. The van der Waals surface area contributed by atoms with Crippen LogP contribution >= 0.6 is 22.9 Å². The highest BCUT2D eigenvalue weighted by molar-refractivity contribution is 7.21. The van der Waals surface area contributed by atoms with E-state index in [-0.39, 0.29) is 5.91 Å². The highest BCUT2D eigenvalue weighted by Gasteiger charge is 2.17. The van der Waals surface area contributed by atoms with Gasteiger partial charge in [0, 0.05) is 21.8 Å². The summed E-state index contributed by atoms with van der Waals surface area (Å²) in [6.07, 6.45) is 0. The first-order valence-electron chi connectivity index (χ1n) is 6.27. The third kappa shape index (κ3) is 2.70. The fraction of sp³-hybridized carbons (Fsp3) is 0.0667. The molecule has 2 aromatic heterocycles. The number of hydrogen-bond acceptors (Lipinski definition) is 4. The number of fused-ring (bicyclic) bond motifs is 1. The third-order valence-electron chi connectivity index (χ3n) is 3.04. The number of aromatic nitrogens is 1. The minimum Gasteiger partial charge on any atom is -0.397 e. The quantitative estimate of drug-likeness (QED) is 0.748. The lowest BCUT2D eigenvalue weighted by Gasteiger charge is -2.04. The van der Waals surface area contributed by atoms with Gasteiger partial charge in [-0.2, -0.15) is 0 Å². The first kappa shape index (κ1) is 13.9. The van der Waals surface area contributed by atoms with E-state index in [0.717, 1.165) is 15.9 Å². The molecule has 3 N–H and O–H groups in total. The van der Waals surface area contributed by atoms with Gasteiger partial charge in [0.1, 0.15) is 9.71 Å². The lowest BCUT2D eigenvalue weighted by Crippen LogP contribution is -2.11. The van der Waals surface area contributed by atoms with E-state index < -0.39 is 0 Å². The highest BCUT2D eigenvalue weighted by atomic mass is 35.5. The van der Waals surface area contributed by atoms with Gasteiger partial charge in [0.15, 0.2) is 0 Å². The van der Waals surface area contributed by atoms with Crippen LogP contribution in [0.2, 0.25) is 5.02 Å². The number of carbonyl (C=O) groups excluding carboxylic acids is 1. The Kier molecular flexibility index (Phi) is 3.53. The van der Waals surface area contributed by atoms with Crippen molar-refractivity contribution >= 4 is 50.4 Å². The molecular weight excluding hydrogens is 306 g/mol. The SMILES string of the molecule is Cc1ccc2c(N)c(C(=O)Nc3ccc(Cl)cc3)sc2n1. The van der Waals surface area contributed by atoms with Crippen molar-refractivity contribution in [3.05, 3.63) is 52.0 Å². The predicted octanol–water partition coefficient (Wildman–Crippen LogP) is 4.09. The van der Waals surface area contributed by atoms with Gasteiger partial charge in [-0.1, -0.05) is 11.6 Å². The van der Waals surface area contributed by atoms with E-state index >= 15 is 0 Å². The molecule has 4 nitrogen and oxygen atoms in total. The maximum atomic E-state index is 12.3. The number of aryl methyl sites for hydroxylation is 1. The molecule has 1 amide bonds. The van der Waals surface area contributed by atoms with Gasteiger partial charge >= 0.3 is 0 Å². The molecule has 0 fully saturated rings. The van der Waals surface area contributed by atoms with E-state index in [2.05, 4.69) is 10.3 Å². The summed E-state index contributed by atoms with van der Waals surface area (Å²) >= 11 is 7.11. The van der Waals surface area contributed by atoms with Crippen LogP contribution in [0.5, 0.6) is 0 Å². The minimum atomic E-state index is -0.240. The number of nitrogens with one attached hydrogen (secondary N) is 1. The Balaban J connectivity index is 1.94. The second kappa shape index (κ2) is 5.35. The van der Waals surface area contributed by atoms with Crippen LogP contribution in [0.15, 0.2) is 36.4 Å². The average Bonchev–Trinajstić information content (AvgIpc) is 2.78. The summed E-state index contributed by atoms with van der Waals surface area (Å²) < 4.78 is 0. The molecule has 0 aliphatic heterocycles. The number of hydrogen-bond donors (Lipinski definition) is 2. The Bertz CT molecular complexity index is 827. The molecule has 0 bridgehead atoms. The molecule has 0 radical (unpaired) electrons. The molecule has 2 heterocycles. The molecular formula is C15H12ClN3OS. The smallest absolute Gasteiger partial charge is 0.267 e. The number of thiophene rings is 1. The third-order valence-corrected chi connectivity index (χ3v) is 4.41. The monoisotopic (exact) mass is 317 g/mol. The van der Waals surface area contributed by atoms with Gasteiger partial charge in [-0.25, -0.2) is 4.98 Å². The predicted molar refractivity (Wildman–Crippen MR) is 88.2 cm³/mol. The maximum absolute atomic E-state index is 12.3. The van der Waals surface area contributed by atoms with Crippen molar-refractivity contribution in [3.8, 4) is 0 Å². The molecule has 6 heteroatoms. The molecule has 0 unspecified atom stereocenters. The second-order valence-corrected chi connectivity index (χ2v) is 6.05. The van der Waals surface area contributed by atoms with Crippen molar-refractivity contribution < 1.29 is 4.79 Å². The van der Waals surface area contributed by atoms with Crippen molar-refractivity contribution in [3.63, 3.8) is 0 Å². The van der Waals surface area contributed by atoms with Crippen LogP contribution in [-0.4, -0.2) is 10.9 Å². The Morgan fingerprint density at radius 2 is 1.95 bits per heavy atom. The summed E-state index contributed by atoms with van der Waals surface area (Å²) in [6.45, 7) is 1.91. The fourth-order valence-corrected chi connectivity index (χ4v) is 3.14. The number of amides is 1. The number of pyridine rings is 1. The number of rotatable bonds is 2. The summed E-state index contributed by atoms with van der Waals surface area (Å²) in [5.41, 5.74) is 8.09. The van der Waals surface area contributed by atoms with Gasteiger partial charge in [-0.3, -0.25) is 4.79 Å². The molecule has 0 atom stereocenters. The zero-order chi connectivity index (χ0) is 15.0. The second-order valence-electron chi connectivity index (χ2n) is 4.61. The number of nitrogens with zero attached hydrogens (tertiary/aromatic N) is 1. The summed E-state index contributed by atoms with van der Waals surface area (Å²) in [5.74, 6) is -0.240. The van der Waals surface area contributed by atoms with Crippen molar-refractivity contribution in [2.75, 3.05) is 11.1 Å². The van der Waals surface area contributed by atoms with Crippen LogP contribution in [0.25, 0.3) is 10.2 Å². The van der Waals surface area contributed by atoms with Crippen LogP contribution in [0.4, 0.5) is 11.4 Å². The van der Waals surface area contributed by atoms with Crippen molar-refractivity contribution in [2.24, 2.45) is 0 Å². The Labute approximate surface area is 130 Å². The Morgan fingerprint density at radius 3 is 2.67 bits per heavy atom. The normalized spacial score (nSPS) is 10.8. The van der Waals surface area contributed by atoms with Crippen molar-refractivity contribution in [1.29, 1.82) is 0 Å². The number of nitrogens with two attached hydrogens (primary N) is 1. The van der Waals surface area contributed by atoms with Crippen molar-refractivity contribution in [1.82, 2.24) is 4.98 Å². The van der Waals surface area contributed by atoms with Gasteiger partial charge in [0.25, 0.3) is 5.91 Å². The zero-order valence-electron chi connectivity index (χ0n) is 11.2. The number of carbonyl (C=O) groups is 1. The van der Waals surface area contributed by atoms with Crippen LogP contribution < -0.4 is 11.1 Å². The molecule has 21 heavy (non-hydrogen) atoms. The summed E-state index contributed by atoms with van der Waals surface area (Å²) in [6, 6.07) is 10.7. The molecule has 0 spiro atoms. The van der Waals surface area contributed by atoms with E-state index in [4.69, 9.17) is 17.3 Å². The van der Waals surface area contributed by atoms with E-state index in [1.54, 1.807) is 24.3 Å². The highest BCUT2D eigenvalue weighted by Crippen LogP contribution is 2.33. The van der Waals surface area contributed by atoms with E-state index in [1.165, 1.54) is 11.3 Å². The number of nitrogen functional groups attached to an aromatic ring is 1. The zero-order valence-corrected chi connectivity index (χ0v) is 12.8. The molecule has 3 aromatic rings. The summed E-state index contributed by atoms with van der Waals surface area (Å²) in [5, 5.41) is 4.24. The van der Waals surface area contributed by atoms with Crippen LogP contribution in [0.3, 0.4) is 0 Å². The Hall–Kier alpha value is -2.11. The van der Waals surface area contributed by atoms with Gasteiger partial charge in [0.2, 0.25) is 0 Å². The summed E-state index contributed by atoms with van der Waals surface area (Å²) in [4.78, 5) is 18.0. The topological polar surface area (TPSA) is 68.0 Å². The molecule has 3 rings (SSSR count). The van der Waals surface area contributed by atoms with Gasteiger partial charge < -0.3 is 11.1 Å². The number of halogens is 1. The van der Waals surface area contributed by atoms with Gasteiger partial charge in [-0.05, 0) is 43.3 Å². The van der Waals surface area contributed by atoms with Crippen molar-refractivity contribution in [2.45, 2.75) is 6.92 Å². The molecule has 0 saturated carbocycles. The maximum Gasteiger partial charge on any atom is 0.267 e. The van der Waals surface area contributed by atoms with E-state index in [0.29, 0.717) is 21.3 Å². The van der Waals surface area contributed by atoms with Crippen LogP contribution in [-0.2, 0) is 0 Å². The average molecular weight is 318 g/mol. The lowest BCUT2D eigenvalue weighted by atomic mass is 10.2. The van der Waals surface area contributed by atoms with Crippen LogP contribution in [0, 0.1) is 6.92 Å². The first-order valence-corrected chi connectivity index (χ1v) is 7.46. The molecule has 1 aromatic carbocycles. The molecule has 106 valence electrons. The largest absolute Gasteiger partial charge is 0.397 e. The number of benzene rings is 1. The summed E-state index contributed by atoms with van der Waals surface area (Å²) in [7, 11) is 0. The standard InChI is InChI=1S/C15H12ClN3OS/c1-8-2-7-11-12(17)13(21-15(11)18-8)14(20)19-10-5-3-9(16)4-6-10/h2-7H,17H2,1H3,(H,19,20). The van der Waals surface area contributed by atoms with Gasteiger partial charge in [0.05, 0.1) is 5.69 Å². The van der Waals surface area contributed by atoms with Crippen LogP contribution in [0.1, 0.15) is 15.4 Å². The van der Waals surface area contributed by atoms with E-state index in [1.807, 2.05) is 19.1 Å². The molecule has 0 saturated heterocycles. The first-order chi connectivity index (χ1) is 10.0. The Morgan fingerprint density at radius 1 is 1.24 bits per heavy atom.